The van der Waals surface area contributed by atoms with Gasteiger partial charge in [0.1, 0.15) is 6.67 Å². The Morgan fingerprint density at radius 1 is 0.714 bits per heavy atom. The normalized spacial score (nSPS) is 22.3. The SMILES string of the molecule is C1=CC2=C(C1)c1c(c3c(c4c1=NCN=4)C1=C(C=CC1)C3)C2. The van der Waals surface area contributed by atoms with Crippen LogP contribution in [0, 0.1) is 0 Å². The van der Waals surface area contributed by atoms with E-state index in [9.17, 15) is 0 Å². The van der Waals surface area contributed by atoms with Crippen LogP contribution in [0.15, 0.2) is 45.4 Å². The van der Waals surface area contributed by atoms with E-state index in [1.54, 1.807) is 11.1 Å². The van der Waals surface area contributed by atoms with E-state index < -0.39 is 0 Å². The predicted molar refractivity (Wildman–Crippen MR) is 82.4 cm³/mol. The average molecular weight is 270 g/mol. The van der Waals surface area contributed by atoms with Crippen molar-refractivity contribution in [1.82, 2.24) is 0 Å². The van der Waals surface area contributed by atoms with Gasteiger partial charge in [-0.15, -0.1) is 0 Å². The molecule has 0 saturated heterocycles. The van der Waals surface area contributed by atoms with E-state index in [1.807, 2.05) is 0 Å². The topological polar surface area (TPSA) is 24.7 Å². The van der Waals surface area contributed by atoms with Crippen LogP contribution in [0.1, 0.15) is 35.1 Å². The first kappa shape index (κ1) is 10.5. The monoisotopic (exact) mass is 270 g/mol. The van der Waals surface area contributed by atoms with E-state index in [-0.39, 0.29) is 0 Å². The molecule has 6 rings (SSSR count). The van der Waals surface area contributed by atoms with Crippen molar-refractivity contribution in [2.75, 3.05) is 6.67 Å². The van der Waals surface area contributed by atoms with Crippen LogP contribution in [0.5, 0.6) is 0 Å². The molecule has 21 heavy (non-hydrogen) atoms. The standard InChI is InChI=1S/C19H14N2/c1-3-10-7-14-15-8-11-4-2-6-13(11)17(15)19-18(20-9-21-19)16(14)12(10)5-1/h1-4H,5-9H2. The summed E-state index contributed by atoms with van der Waals surface area (Å²) in [7, 11) is 0. The van der Waals surface area contributed by atoms with Crippen molar-refractivity contribution >= 4 is 11.1 Å². The lowest BCUT2D eigenvalue weighted by Gasteiger charge is -2.12. The van der Waals surface area contributed by atoms with E-state index >= 15 is 0 Å². The van der Waals surface area contributed by atoms with Crippen LogP contribution in [0.4, 0.5) is 0 Å². The van der Waals surface area contributed by atoms with Gasteiger partial charge < -0.3 is 0 Å². The van der Waals surface area contributed by atoms with E-state index in [2.05, 4.69) is 24.3 Å². The molecule has 0 atom stereocenters. The van der Waals surface area contributed by atoms with Crippen LogP contribution in [0.3, 0.4) is 0 Å². The molecule has 0 saturated carbocycles. The van der Waals surface area contributed by atoms with Crippen molar-refractivity contribution in [2.45, 2.75) is 25.7 Å². The largest absolute Gasteiger partial charge is 0.259 e. The third-order valence-corrected chi connectivity index (χ3v) is 5.52. The highest BCUT2D eigenvalue weighted by Gasteiger charge is 2.34. The zero-order valence-electron chi connectivity index (χ0n) is 11.7. The molecule has 0 radical (unpaired) electrons. The number of hydrogen-bond acceptors (Lipinski definition) is 2. The molecule has 1 aromatic carbocycles. The van der Waals surface area contributed by atoms with Gasteiger partial charge in [0.25, 0.3) is 0 Å². The predicted octanol–water partition coefficient (Wildman–Crippen LogP) is 2.44. The minimum atomic E-state index is 0.615. The molecule has 2 nitrogen and oxygen atoms in total. The molecule has 0 spiro atoms. The minimum Gasteiger partial charge on any atom is -0.259 e. The Hall–Kier alpha value is -2.22. The summed E-state index contributed by atoms with van der Waals surface area (Å²) in [6.45, 7) is 0.615. The molecular formula is C19H14N2. The Bertz CT molecular complexity index is 916. The minimum absolute atomic E-state index is 0.615. The number of fused-ring (bicyclic) bond motifs is 8. The first-order valence-corrected chi connectivity index (χ1v) is 7.76. The summed E-state index contributed by atoms with van der Waals surface area (Å²) in [5, 5.41) is 2.39. The second-order valence-corrected chi connectivity index (χ2v) is 6.44. The van der Waals surface area contributed by atoms with Gasteiger partial charge in [0.15, 0.2) is 0 Å². The maximum atomic E-state index is 4.75. The van der Waals surface area contributed by atoms with Crippen LogP contribution >= 0.6 is 0 Å². The molecule has 100 valence electrons. The first-order chi connectivity index (χ1) is 10.4. The Balaban J connectivity index is 1.76. The Labute approximate surface area is 122 Å². The van der Waals surface area contributed by atoms with Gasteiger partial charge in [0, 0.05) is 11.1 Å². The van der Waals surface area contributed by atoms with Crippen molar-refractivity contribution in [3.63, 3.8) is 0 Å². The summed E-state index contributed by atoms with van der Waals surface area (Å²) in [4.78, 5) is 9.50. The molecule has 4 aliphatic carbocycles. The van der Waals surface area contributed by atoms with E-state index in [4.69, 9.17) is 9.98 Å². The summed E-state index contributed by atoms with van der Waals surface area (Å²) < 4.78 is 0. The molecule has 0 aromatic heterocycles. The quantitative estimate of drug-likeness (QED) is 0.692. The van der Waals surface area contributed by atoms with Gasteiger partial charge in [0.2, 0.25) is 0 Å². The number of allylic oxidation sites excluding steroid dienone is 8. The molecule has 5 aliphatic rings. The average Bonchev–Trinajstić information content (AvgIpc) is 3.22. The summed E-state index contributed by atoms with van der Waals surface area (Å²) in [6.07, 6.45) is 13.6. The molecule has 0 fully saturated rings. The molecule has 1 aromatic rings. The highest BCUT2D eigenvalue weighted by molar-refractivity contribution is 5.88. The summed E-state index contributed by atoms with van der Waals surface area (Å²) in [5.74, 6) is 0. The highest BCUT2D eigenvalue weighted by Crippen LogP contribution is 2.45. The molecule has 1 heterocycles. The van der Waals surface area contributed by atoms with Crippen molar-refractivity contribution in [2.24, 2.45) is 9.98 Å². The van der Waals surface area contributed by atoms with E-state index in [1.165, 1.54) is 44.1 Å². The molecule has 0 N–H and O–H groups in total. The van der Waals surface area contributed by atoms with Crippen LogP contribution in [-0.2, 0) is 12.8 Å². The van der Waals surface area contributed by atoms with Crippen LogP contribution in [-0.4, -0.2) is 6.67 Å². The second kappa shape index (κ2) is 3.33. The Kier molecular flexibility index (Phi) is 1.66. The molecule has 2 heteroatoms. The number of hydrogen-bond donors (Lipinski definition) is 0. The van der Waals surface area contributed by atoms with Crippen molar-refractivity contribution in [3.8, 4) is 0 Å². The van der Waals surface area contributed by atoms with Gasteiger partial charge >= 0.3 is 0 Å². The summed E-state index contributed by atoms with van der Waals surface area (Å²) in [5.41, 5.74) is 12.1. The van der Waals surface area contributed by atoms with Crippen molar-refractivity contribution in [3.05, 3.63) is 68.4 Å². The lowest BCUT2D eigenvalue weighted by Crippen LogP contribution is -2.31. The maximum Gasteiger partial charge on any atom is 0.130 e. The fourth-order valence-corrected chi connectivity index (χ4v) is 4.69. The lowest BCUT2D eigenvalue weighted by atomic mass is 9.91. The summed E-state index contributed by atoms with van der Waals surface area (Å²) >= 11 is 0. The molecule has 1 aliphatic heterocycles. The smallest absolute Gasteiger partial charge is 0.130 e. The fourth-order valence-electron chi connectivity index (χ4n) is 4.69. The van der Waals surface area contributed by atoms with Crippen LogP contribution in [0.2, 0.25) is 0 Å². The first-order valence-electron chi connectivity index (χ1n) is 7.76. The van der Waals surface area contributed by atoms with Gasteiger partial charge in [-0.3, -0.25) is 9.98 Å². The van der Waals surface area contributed by atoms with Crippen LogP contribution < -0.4 is 10.7 Å². The number of rotatable bonds is 0. The lowest BCUT2D eigenvalue weighted by molar-refractivity contribution is 1.05. The van der Waals surface area contributed by atoms with Crippen LogP contribution in [0.25, 0.3) is 11.1 Å². The van der Waals surface area contributed by atoms with E-state index in [0.29, 0.717) is 6.67 Å². The zero-order valence-corrected chi connectivity index (χ0v) is 11.7. The molecule has 0 bridgehead atoms. The van der Waals surface area contributed by atoms with Gasteiger partial charge in [0.05, 0.1) is 10.7 Å². The summed E-state index contributed by atoms with van der Waals surface area (Å²) in [6, 6.07) is 0. The Morgan fingerprint density at radius 2 is 1.24 bits per heavy atom. The third-order valence-electron chi connectivity index (χ3n) is 5.52. The van der Waals surface area contributed by atoms with Crippen molar-refractivity contribution < 1.29 is 0 Å². The number of nitrogens with zero attached hydrogens (tertiary/aromatic N) is 2. The van der Waals surface area contributed by atoms with E-state index in [0.717, 1.165) is 25.7 Å². The third kappa shape index (κ3) is 1.09. The van der Waals surface area contributed by atoms with Gasteiger partial charge in [-0.25, -0.2) is 0 Å². The molecular weight excluding hydrogens is 256 g/mol. The molecule has 0 unspecified atom stereocenters. The molecule has 0 amide bonds. The van der Waals surface area contributed by atoms with Gasteiger partial charge in [-0.05, 0) is 59.1 Å². The highest BCUT2D eigenvalue weighted by atomic mass is 15.0. The second-order valence-electron chi connectivity index (χ2n) is 6.44. The number of benzene rings is 1. The fraction of sp³-hybridized carbons (Fsp3) is 0.263. The zero-order chi connectivity index (χ0) is 13.6. The maximum absolute atomic E-state index is 4.75. The Morgan fingerprint density at radius 3 is 1.76 bits per heavy atom. The van der Waals surface area contributed by atoms with Gasteiger partial charge in [-0.2, -0.15) is 0 Å². The van der Waals surface area contributed by atoms with Gasteiger partial charge in [-0.1, -0.05) is 24.3 Å². The van der Waals surface area contributed by atoms with Crippen molar-refractivity contribution in [1.29, 1.82) is 0 Å².